The lowest BCUT2D eigenvalue weighted by Gasteiger charge is -2.21. The first kappa shape index (κ1) is 95.1. The van der Waals surface area contributed by atoms with Crippen molar-refractivity contribution in [3.8, 4) is 0 Å². The van der Waals surface area contributed by atoms with E-state index < -0.39 is 97.5 Å². The first-order valence-electron chi connectivity index (χ1n) is 40.2. The Bertz CT molecular complexity index is 1900. The van der Waals surface area contributed by atoms with Gasteiger partial charge in [0, 0.05) is 25.7 Å². The van der Waals surface area contributed by atoms with Crippen molar-refractivity contribution in [3.05, 3.63) is 0 Å². The second-order valence-electron chi connectivity index (χ2n) is 30.0. The van der Waals surface area contributed by atoms with Crippen molar-refractivity contribution in [2.45, 2.75) is 414 Å². The zero-order valence-electron chi connectivity index (χ0n) is 63.7. The van der Waals surface area contributed by atoms with Gasteiger partial charge in [-0.2, -0.15) is 0 Å². The highest BCUT2D eigenvalue weighted by atomic mass is 31.2. The largest absolute Gasteiger partial charge is 0.472 e. The number of unbranched alkanes of at least 4 members (excludes halogenated alkanes) is 41. The Morgan fingerprint density at radius 3 is 0.639 bits per heavy atom. The summed E-state index contributed by atoms with van der Waals surface area (Å²) >= 11 is 0. The van der Waals surface area contributed by atoms with Crippen LogP contribution in [0.2, 0.25) is 0 Å². The summed E-state index contributed by atoms with van der Waals surface area (Å²) in [4.78, 5) is 72.9. The fourth-order valence-corrected chi connectivity index (χ4v) is 13.5. The van der Waals surface area contributed by atoms with E-state index in [2.05, 4.69) is 55.4 Å². The van der Waals surface area contributed by atoms with Crippen molar-refractivity contribution < 1.29 is 80.2 Å². The van der Waals surface area contributed by atoms with Crippen LogP contribution < -0.4 is 0 Å². The number of carbonyl (C=O) groups is 4. The molecule has 0 spiro atoms. The molecule has 0 aromatic heterocycles. The average molecular weight is 1420 g/mol. The lowest BCUT2D eigenvalue weighted by atomic mass is 10.0. The second-order valence-corrected chi connectivity index (χ2v) is 32.9. The molecular weight excluding hydrogens is 1270 g/mol. The van der Waals surface area contributed by atoms with Gasteiger partial charge in [0.2, 0.25) is 0 Å². The minimum absolute atomic E-state index is 0.105. The molecule has 0 aliphatic heterocycles. The summed E-state index contributed by atoms with van der Waals surface area (Å²) in [5, 5.41) is 10.6. The van der Waals surface area contributed by atoms with Crippen LogP contribution in [0.5, 0.6) is 0 Å². The molecule has 0 bridgehead atoms. The monoisotopic (exact) mass is 1420 g/mol. The minimum Gasteiger partial charge on any atom is -0.462 e. The van der Waals surface area contributed by atoms with Crippen LogP contribution in [0.25, 0.3) is 0 Å². The van der Waals surface area contributed by atoms with Gasteiger partial charge < -0.3 is 33.8 Å². The van der Waals surface area contributed by atoms with Gasteiger partial charge in [-0.3, -0.25) is 37.3 Å². The number of rotatable bonds is 75. The molecule has 97 heavy (non-hydrogen) atoms. The molecule has 0 aliphatic carbocycles. The van der Waals surface area contributed by atoms with Crippen LogP contribution >= 0.6 is 15.6 Å². The molecule has 0 aromatic carbocycles. The highest BCUT2D eigenvalue weighted by molar-refractivity contribution is 7.47. The number of phosphoric acid groups is 2. The van der Waals surface area contributed by atoms with E-state index in [0.29, 0.717) is 25.7 Å². The molecule has 0 radical (unpaired) electrons. The molecule has 0 aliphatic rings. The van der Waals surface area contributed by atoms with Gasteiger partial charge in [-0.1, -0.05) is 344 Å². The summed E-state index contributed by atoms with van der Waals surface area (Å²) in [7, 11) is -9.91. The van der Waals surface area contributed by atoms with Gasteiger partial charge in [-0.25, -0.2) is 9.13 Å². The van der Waals surface area contributed by atoms with E-state index >= 15 is 0 Å². The summed E-state index contributed by atoms with van der Waals surface area (Å²) in [6, 6.07) is 0. The number of hydrogen-bond donors (Lipinski definition) is 3. The van der Waals surface area contributed by atoms with Gasteiger partial charge in [0.25, 0.3) is 0 Å². The molecular formula is C78H152O17P2. The molecule has 3 N–H and O–H groups in total. The average Bonchev–Trinajstić information content (AvgIpc) is 1.67. The third-order valence-electron chi connectivity index (χ3n) is 18.1. The van der Waals surface area contributed by atoms with Crippen molar-refractivity contribution >= 4 is 39.5 Å². The van der Waals surface area contributed by atoms with E-state index in [0.717, 1.165) is 114 Å². The predicted molar refractivity (Wildman–Crippen MR) is 395 cm³/mol. The number of ether oxygens (including phenoxy) is 4. The van der Waals surface area contributed by atoms with E-state index in [9.17, 15) is 43.2 Å². The Morgan fingerprint density at radius 1 is 0.258 bits per heavy atom. The Morgan fingerprint density at radius 2 is 0.433 bits per heavy atom. The van der Waals surface area contributed by atoms with E-state index in [-0.39, 0.29) is 25.7 Å². The van der Waals surface area contributed by atoms with Crippen molar-refractivity contribution in [2.75, 3.05) is 39.6 Å². The van der Waals surface area contributed by atoms with Crippen LogP contribution in [0.3, 0.4) is 0 Å². The van der Waals surface area contributed by atoms with E-state index in [1.54, 1.807) is 0 Å². The third-order valence-corrected chi connectivity index (χ3v) is 20.0. The van der Waals surface area contributed by atoms with Crippen LogP contribution in [-0.4, -0.2) is 96.7 Å². The molecule has 0 fully saturated rings. The number of aliphatic hydroxyl groups is 1. The first-order valence-corrected chi connectivity index (χ1v) is 43.2. The Balaban J connectivity index is 5.19. The van der Waals surface area contributed by atoms with E-state index in [1.165, 1.54) is 199 Å². The SMILES string of the molecule is CC(C)CCCCCCCCCCCCCCCCCCCCC(=O)OC[C@H](COP(=O)(O)OCC(O)COP(=O)(O)OC[C@@H](COC(=O)CCCCCCCCCCC(C)C)OC(=O)CCCCCCCCCCCCC(C)C)OC(=O)CCCCCCCCCCCC(C)C. The van der Waals surface area contributed by atoms with Gasteiger partial charge in [-0.05, 0) is 49.4 Å². The summed E-state index contributed by atoms with van der Waals surface area (Å²) in [5.41, 5.74) is 0. The van der Waals surface area contributed by atoms with E-state index in [4.69, 9.17) is 37.0 Å². The minimum atomic E-state index is -4.96. The fraction of sp³-hybridized carbons (Fsp3) is 0.949. The topological polar surface area (TPSA) is 237 Å². The molecule has 0 amide bonds. The molecule has 576 valence electrons. The normalized spacial score (nSPS) is 14.1. The summed E-state index contributed by atoms with van der Waals surface area (Å²) in [6.07, 6.45) is 52.9. The molecule has 0 rings (SSSR count). The summed E-state index contributed by atoms with van der Waals surface area (Å²) < 4.78 is 68.6. The number of carbonyl (C=O) groups excluding carboxylic acids is 4. The highest BCUT2D eigenvalue weighted by Crippen LogP contribution is 2.45. The standard InChI is InChI=1S/C78H152O17P2/c1-68(2)54-46-38-30-22-17-15-13-11-9-10-12-14-16-18-25-34-42-50-58-75(80)88-64-73(95-78(83)61-53-45-37-27-21-24-32-40-48-56-70(5)6)66-92-96(84,85)90-62-72(79)63-91-97(86,87)93-67-74(65-89-76(81)59-51-43-35-29-28-33-41-49-57-71(7)8)94-77(82)60-52-44-36-26-20-19-23-31-39-47-55-69(3)4/h68-74,79H,9-67H2,1-8H3,(H,84,85)(H,86,87)/t72?,73-,74-/m1/s1. The number of phosphoric ester groups is 2. The van der Waals surface area contributed by atoms with Crippen LogP contribution in [0.15, 0.2) is 0 Å². The van der Waals surface area contributed by atoms with Gasteiger partial charge in [0.05, 0.1) is 26.4 Å². The highest BCUT2D eigenvalue weighted by Gasteiger charge is 2.30. The molecule has 0 heterocycles. The molecule has 19 heteroatoms. The Kier molecular flexibility index (Phi) is 65.9. The van der Waals surface area contributed by atoms with Gasteiger partial charge in [0.1, 0.15) is 19.3 Å². The van der Waals surface area contributed by atoms with Crippen molar-refractivity contribution in [3.63, 3.8) is 0 Å². The number of esters is 4. The molecule has 0 aromatic rings. The predicted octanol–water partition coefficient (Wildman–Crippen LogP) is 22.8. The molecule has 17 nitrogen and oxygen atoms in total. The Labute approximate surface area is 594 Å². The zero-order valence-corrected chi connectivity index (χ0v) is 65.5. The van der Waals surface area contributed by atoms with E-state index in [1.807, 2.05) is 0 Å². The number of hydrogen-bond acceptors (Lipinski definition) is 15. The second kappa shape index (κ2) is 67.2. The lowest BCUT2D eigenvalue weighted by molar-refractivity contribution is -0.161. The van der Waals surface area contributed by atoms with Crippen LogP contribution in [0.1, 0.15) is 396 Å². The quantitative estimate of drug-likeness (QED) is 0.0222. The fourth-order valence-electron chi connectivity index (χ4n) is 11.9. The maximum Gasteiger partial charge on any atom is 0.472 e. The maximum absolute atomic E-state index is 13.1. The van der Waals surface area contributed by atoms with Crippen molar-refractivity contribution in [2.24, 2.45) is 23.7 Å². The van der Waals surface area contributed by atoms with Crippen LogP contribution in [0.4, 0.5) is 0 Å². The summed E-state index contributed by atoms with van der Waals surface area (Å²) in [6.45, 7) is 14.2. The third kappa shape index (κ3) is 72.2. The van der Waals surface area contributed by atoms with Crippen LogP contribution in [-0.2, 0) is 65.4 Å². The molecule has 0 saturated heterocycles. The van der Waals surface area contributed by atoms with Crippen LogP contribution in [0, 0.1) is 23.7 Å². The van der Waals surface area contributed by atoms with Crippen molar-refractivity contribution in [1.29, 1.82) is 0 Å². The van der Waals surface area contributed by atoms with Gasteiger partial charge in [-0.15, -0.1) is 0 Å². The van der Waals surface area contributed by atoms with Crippen molar-refractivity contribution in [1.82, 2.24) is 0 Å². The zero-order chi connectivity index (χ0) is 71.7. The smallest absolute Gasteiger partial charge is 0.462 e. The molecule has 3 unspecified atom stereocenters. The van der Waals surface area contributed by atoms with Gasteiger partial charge in [0.15, 0.2) is 12.2 Å². The molecule has 0 saturated carbocycles. The summed E-state index contributed by atoms with van der Waals surface area (Å²) in [5.74, 6) is 0.918. The first-order chi connectivity index (χ1) is 46.6. The lowest BCUT2D eigenvalue weighted by Crippen LogP contribution is -2.30. The van der Waals surface area contributed by atoms with Gasteiger partial charge >= 0.3 is 39.5 Å². The molecule has 5 atom stereocenters. The number of aliphatic hydroxyl groups excluding tert-OH is 1. The maximum atomic E-state index is 13.1. The Hall–Kier alpha value is -1.94.